The van der Waals surface area contributed by atoms with E-state index in [1.54, 1.807) is 6.92 Å². The highest BCUT2D eigenvalue weighted by molar-refractivity contribution is 6.02. The van der Waals surface area contributed by atoms with Crippen molar-refractivity contribution in [2.75, 3.05) is 26.2 Å². The van der Waals surface area contributed by atoms with E-state index < -0.39 is 5.97 Å². The lowest BCUT2D eigenvalue weighted by molar-refractivity contribution is 0.0514. The van der Waals surface area contributed by atoms with Gasteiger partial charge in [0.15, 0.2) is 11.4 Å². The van der Waals surface area contributed by atoms with Gasteiger partial charge in [0.25, 0.3) is 5.91 Å². The maximum Gasteiger partial charge on any atom is 0.359 e. The molecule has 1 aromatic carbocycles. The molecule has 1 fully saturated rings. The molecule has 0 atom stereocenters. The van der Waals surface area contributed by atoms with Crippen LogP contribution < -0.4 is 5.32 Å². The Hall–Kier alpha value is -2.80. The number of esters is 1. The van der Waals surface area contributed by atoms with E-state index in [9.17, 15) is 9.59 Å². The van der Waals surface area contributed by atoms with Gasteiger partial charge >= 0.3 is 5.97 Å². The minimum absolute atomic E-state index is 0.0173. The van der Waals surface area contributed by atoms with Gasteiger partial charge in [0.2, 0.25) is 0 Å². The van der Waals surface area contributed by atoms with Crippen molar-refractivity contribution in [1.29, 1.82) is 0 Å². The van der Waals surface area contributed by atoms with E-state index in [4.69, 9.17) is 4.74 Å². The number of hydrogen-bond donors (Lipinski definition) is 1. The molecule has 29 heavy (non-hydrogen) atoms. The molecule has 2 heterocycles. The predicted molar refractivity (Wildman–Crippen MR) is 109 cm³/mol. The number of carbonyl (C=O) groups excluding carboxylic acids is 2. The first-order chi connectivity index (χ1) is 14.2. The number of amides is 1. The van der Waals surface area contributed by atoms with Crippen LogP contribution in [-0.2, 0) is 11.3 Å². The van der Waals surface area contributed by atoms with Gasteiger partial charge in [0.1, 0.15) is 0 Å². The first-order valence-corrected chi connectivity index (χ1v) is 10.2. The Balaban J connectivity index is 1.42. The predicted octanol–water partition coefficient (Wildman–Crippen LogP) is 2.69. The van der Waals surface area contributed by atoms with Gasteiger partial charge in [-0.2, -0.15) is 0 Å². The molecule has 0 saturated carbocycles. The summed E-state index contributed by atoms with van der Waals surface area (Å²) in [6.07, 6.45) is 5.95. The summed E-state index contributed by atoms with van der Waals surface area (Å²) in [6.45, 7) is 5.63. The number of carbonyl (C=O) groups is 2. The van der Waals surface area contributed by atoms with Gasteiger partial charge in [-0.1, -0.05) is 30.3 Å². The Labute approximate surface area is 171 Å². The molecular formula is C22H28N4O3. The van der Waals surface area contributed by atoms with Crippen molar-refractivity contribution in [2.24, 2.45) is 5.92 Å². The smallest absolute Gasteiger partial charge is 0.359 e. The molecule has 1 aromatic heterocycles. The first-order valence-electron chi connectivity index (χ1n) is 10.2. The summed E-state index contributed by atoms with van der Waals surface area (Å²) in [6, 6.07) is 10.5. The van der Waals surface area contributed by atoms with Crippen molar-refractivity contribution in [3.05, 3.63) is 59.7 Å². The number of aromatic nitrogens is 2. The summed E-state index contributed by atoms with van der Waals surface area (Å²) in [4.78, 5) is 34.8. The van der Waals surface area contributed by atoms with Gasteiger partial charge in [-0.15, -0.1) is 0 Å². The average Bonchev–Trinajstić information content (AvgIpc) is 2.76. The van der Waals surface area contributed by atoms with Gasteiger partial charge in [0.05, 0.1) is 6.61 Å². The zero-order valence-electron chi connectivity index (χ0n) is 16.8. The van der Waals surface area contributed by atoms with Crippen LogP contribution in [0.2, 0.25) is 0 Å². The lowest BCUT2D eigenvalue weighted by Gasteiger charge is -2.32. The van der Waals surface area contributed by atoms with Crippen LogP contribution in [0.1, 0.15) is 52.7 Å². The minimum atomic E-state index is -0.628. The highest BCUT2D eigenvalue weighted by Crippen LogP contribution is 2.21. The molecule has 2 aromatic rings. The van der Waals surface area contributed by atoms with Crippen LogP contribution in [0.25, 0.3) is 0 Å². The second kappa shape index (κ2) is 10.7. The van der Waals surface area contributed by atoms with Crippen molar-refractivity contribution in [2.45, 2.75) is 32.7 Å². The summed E-state index contributed by atoms with van der Waals surface area (Å²) in [5.41, 5.74) is 1.32. The monoisotopic (exact) mass is 396 g/mol. The minimum Gasteiger partial charge on any atom is -0.461 e. The van der Waals surface area contributed by atoms with E-state index in [0.717, 1.165) is 38.9 Å². The summed E-state index contributed by atoms with van der Waals surface area (Å²) in [7, 11) is 0. The van der Waals surface area contributed by atoms with Crippen molar-refractivity contribution in [3.63, 3.8) is 0 Å². The fraction of sp³-hybridized carbons (Fsp3) is 0.455. The number of hydrogen-bond acceptors (Lipinski definition) is 6. The van der Waals surface area contributed by atoms with E-state index in [1.165, 1.54) is 18.0 Å². The third-order valence-electron chi connectivity index (χ3n) is 5.18. The maximum atomic E-state index is 12.4. The Morgan fingerprint density at radius 1 is 1.10 bits per heavy atom. The largest absolute Gasteiger partial charge is 0.461 e. The number of benzene rings is 1. The first kappa shape index (κ1) is 20.9. The number of piperidine rings is 1. The van der Waals surface area contributed by atoms with Crippen LogP contribution in [0.15, 0.2) is 42.7 Å². The lowest BCUT2D eigenvalue weighted by Crippen LogP contribution is -2.35. The molecule has 7 heteroatoms. The summed E-state index contributed by atoms with van der Waals surface area (Å²) in [5, 5.41) is 2.87. The van der Waals surface area contributed by atoms with Crippen molar-refractivity contribution in [3.8, 4) is 0 Å². The maximum absolute atomic E-state index is 12.4. The van der Waals surface area contributed by atoms with Crippen LogP contribution in [0, 0.1) is 5.92 Å². The molecule has 1 amide bonds. The van der Waals surface area contributed by atoms with Gasteiger partial charge in [-0.3, -0.25) is 9.69 Å². The second-order valence-electron chi connectivity index (χ2n) is 7.22. The zero-order chi connectivity index (χ0) is 20.5. The van der Waals surface area contributed by atoms with Gasteiger partial charge < -0.3 is 10.1 Å². The number of rotatable bonds is 8. The molecule has 1 aliphatic heterocycles. The SMILES string of the molecule is CCOC(=O)c1nccnc1C(=O)NCCC1CCN(Cc2ccccc2)CC1. The van der Waals surface area contributed by atoms with E-state index in [1.807, 2.05) is 6.07 Å². The van der Waals surface area contributed by atoms with Gasteiger partial charge in [-0.05, 0) is 50.8 Å². The lowest BCUT2D eigenvalue weighted by atomic mass is 9.93. The Morgan fingerprint density at radius 2 is 1.79 bits per heavy atom. The average molecular weight is 396 g/mol. The Bertz CT molecular complexity index is 805. The molecule has 7 nitrogen and oxygen atoms in total. The highest BCUT2D eigenvalue weighted by Gasteiger charge is 2.22. The van der Waals surface area contributed by atoms with E-state index in [0.29, 0.717) is 12.5 Å². The quantitative estimate of drug-likeness (QED) is 0.691. The molecular weight excluding hydrogens is 368 g/mol. The number of nitrogens with zero attached hydrogens (tertiary/aromatic N) is 3. The highest BCUT2D eigenvalue weighted by atomic mass is 16.5. The molecule has 0 unspecified atom stereocenters. The number of nitrogens with one attached hydrogen (secondary N) is 1. The number of likely N-dealkylation sites (tertiary alicyclic amines) is 1. The number of ether oxygens (including phenoxy) is 1. The fourth-order valence-electron chi connectivity index (χ4n) is 3.60. The Kier molecular flexibility index (Phi) is 7.69. The molecule has 0 spiro atoms. The standard InChI is InChI=1S/C22H28N4O3/c1-2-29-22(28)20-19(23-12-13-24-20)21(27)25-11-8-17-9-14-26(15-10-17)16-18-6-4-3-5-7-18/h3-7,12-13,17H,2,8-11,14-16H2,1H3,(H,25,27). The second-order valence-corrected chi connectivity index (χ2v) is 7.22. The third kappa shape index (κ3) is 6.09. The van der Waals surface area contributed by atoms with E-state index >= 15 is 0 Å². The normalized spacial score (nSPS) is 15.1. The van der Waals surface area contributed by atoms with Crippen molar-refractivity contribution >= 4 is 11.9 Å². The third-order valence-corrected chi connectivity index (χ3v) is 5.18. The van der Waals surface area contributed by atoms with E-state index in [2.05, 4.69) is 44.5 Å². The molecule has 3 rings (SSSR count). The van der Waals surface area contributed by atoms with E-state index in [-0.39, 0.29) is 23.9 Å². The van der Waals surface area contributed by atoms with Gasteiger partial charge in [0, 0.05) is 25.5 Å². The molecule has 0 aliphatic carbocycles. The molecule has 0 bridgehead atoms. The topological polar surface area (TPSA) is 84.4 Å². The molecule has 1 N–H and O–H groups in total. The van der Waals surface area contributed by atoms with Crippen LogP contribution >= 0.6 is 0 Å². The summed E-state index contributed by atoms with van der Waals surface area (Å²) in [5.74, 6) is -0.423. The van der Waals surface area contributed by atoms with Crippen LogP contribution in [0.5, 0.6) is 0 Å². The van der Waals surface area contributed by atoms with Crippen LogP contribution in [-0.4, -0.2) is 53.0 Å². The van der Waals surface area contributed by atoms with Crippen molar-refractivity contribution in [1.82, 2.24) is 20.2 Å². The van der Waals surface area contributed by atoms with Gasteiger partial charge in [-0.25, -0.2) is 14.8 Å². The Morgan fingerprint density at radius 3 is 2.48 bits per heavy atom. The summed E-state index contributed by atoms with van der Waals surface area (Å²) < 4.78 is 4.94. The van der Waals surface area contributed by atoms with Crippen LogP contribution in [0.3, 0.4) is 0 Å². The zero-order valence-corrected chi connectivity index (χ0v) is 16.8. The molecule has 154 valence electrons. The fourth-order valence-corrected chi connectivity index (χ4v) is 3.60. The molecule has 0 radical (unpaired) electrons. The molecule has 1 saturated heterocycles. The van der Waals surface area contributed by atoms with Crippen molar-refractivity contribution < 1.29 is 14.3 Å². The molecule has 1 aliphatic rings. The summed E-state index contributed by atoms with van der Waals surface area (Å²) >= 11 is 0. The van der Waals surface area contributed by atoms with Crippen LogP contribution in [0.4, 0.5) is 0 Å².